The standard InChI is InChI=1S/C24H21N4O3/c1-3-18-5-4-6-19(13-18)24-26-16-20-14-22(30-10-9-28-8-7-25-17-28)23(15-21(20)27-24)31-12-11-29-2/h1,4-8,13-15,17H,9-12H2,2H3. The van der Waals surface area contributed by atoms with Gasteiger partial charge in [0.05, 0.1) is 25.0 Å². The number of hydrogen-bond donors (Lipinski definition) is 0. The predicted octanol–water partition coefficient (Wildman–Crippen LogP) is 3.38. The summed E-state index contributed by atoms with van der Waals surface area (Å²) < 4.78 is 18.9. The van der Waals surface area contributed by atoms with E-state index in [4.69, 9.17) is 20.6 Å². The van der Waals surface area contributed by atoms with E-state index in [0.29, 0.717) is 49.2 Å². The van der Waals surface area contributed by atoms with Crippen LogP contribution in [-0.4, -0.2) is 46.4 Å². The van der Waals surface area contributed by atoms with Crippen molar-refractivity contribution in [1.82, 2.24) is 19.5 Å². The second-order valence-corrected chi connectivity index (χ2v) is 6.69. The van der Waals surface area contributed by atoms with Gasteiger partial charge in [-0.2, -0.15) is 0 Å². The Morgan fingerprint density at radius 2 is 1.97 bits per heavy atom. The van der Waals surface area contributed by atoms with Gasteiger partial charge in [-0.1, -0.05) is 18.1 Å². The lowest BCUT2D eigenvalue weighted by Crippen LogP contribution is -2.09. The van der Waals surface area contributed by atoms with E-state index in [-0.39, 0.29) is 0 Å². The summed E-state index contributed by atoms with van der Waals surface area (Å²) in [6.45, 7) is 1.98. The Morgan fingerprint density at radius 3 is 2.77 bits per heavy atom. The molecule has 0 bridgehead atoms. The van der Waals surface area contributed by atoms with Gasteiger partial charge in [0.1, 0.15) is 19.4 Å². The molecule has 0 aliphatic rings. The molecular weight excluding hydrogens is 392 g/mol. The number of hydrogen-bond acceptors (Lipinski definition) is 6. The summed E-state index contributed by atoms with van der Waals surface area (Å²) in [5.41, 5.74) is 2.30. The molecule has 155 valence electrons. The summed E-state index contributed by atoms with van der Waals surface area (Å²) >= 11 is 0. The van der Waals surface area contributed by atoms with E-state index in [9.17, 15) is 0 Å². The van der Waals surface area contributed by atoms with Crippen LogP contribution in [0.4, 0.5) is 0 Å². The third-order valence-electron chi connectivity index (χ3n) is 4.57. The summed E-state index contributed by atoms with van der Waals surface area (Å²) in [5.74, 6) is 4.36. The van der Waals surface area contributed by atoms with Crippen LogP contribution in [0.2, 0.25) is 0 Å². The summed E-state index contributed by atoms with van der Waals surface area (Å²) in [4.78, 5) is 13.1. The number of fused-ring (bicyclic) bond motifs is 1. The Morgan fingerprint density at radius 1 is 1.10 bits per heavy atom. The minimum Gasteiger partial charge on any atom is -0.488 e. The van der Waals surface area contributed by atoms with Crippen LogP contribution in [0.1, 0.15) is 5.56 Å². The first kappa shape index (κ1) is 20.4. The van der Waals surface area contributed by atoms with Crippen molar-refractivity contribution in [2.45, 2.75) is 6.54 Å². The Balaban J connectivity index is 1.62. The van der Waals surface area contributed by atoms with Crippen LogP contribution >= 0.6 is 0 Å². The normalized spacial score (nSPS) is 10.7. The van der Waals surface area contributed by atoms with Gasteiger partial charge < -0.3 is 18.8 Å². The van der Waals surface area contributed by atoms with Gasteiger partial charge >= 0.3 is 0 Å². The molecule has 7 nitrogen and oxygen atoms in total. The monoisotopic (exact) mass is 413 g/mol. The Hall–Kier alpha value is -3.89. The van der Waals surface area contributed by atoms with Gasteiger partial charge in [-0.3, -0.25) is 0 Å². The molecule has 2 heterocycles. The Bertz CT molecular complexity index is 1200. The molecule has 0 fully saturated rings. The molecule has 31 heavy (non-hydrogen) atoms. The number of rotatable bonds is 9. The second-order valence-electron chi connectivity index (χ2n) is 6.69. The maximum Gasteiger partial charge on any atom is 0.163 e. The number of ether oxygens (including phenoxy) is 3. The molecule has 0 spiro atoms. The van der Waals surface area contributed by atoms with Crippen LogP contribution < -0.4 is 9.47 Å². The largest absolute Gasteiger partial charge is 0.488 e. The zero-order valence-corrected chi connectivity index (χ0v) is 17.1. The number of methoxy groups -OCH3 is 1. The van der Waals surface area contributed by atoms with E-state index >= 15 is 0 Å². The lowest BCUT2D eigenvalue weighted by atomic mass is 10.1. The number of terminal acetylenes is 1. The first-order valence-electron chi connectivity index (χ1n) is 9.77. The zero-order chi connectivity index (χ0) is 21.5. The van der Waals surface area contributed by atoms with E-state index in [2.05, 4.69) is 27.1 Å². The molecule has 0 saturated heterocycles. The quantitative estimate of drug-likeness (QED) is 0.309. The smallest absolute Gasteiger partial charge is 0.163 e. The topological polar surface area (TPSA) is 71.3 Å². The lowest BCUT2D eigenvalue weighted by molar-refractivity contribution is 0.143. The molecule has 0 unspecified atom stereocenters. The maximum atomic E-state index is 5.98. The molecule has 1 radical (unpaired) electrons. The highest BCUT2D eigenvalue weighted by Crippen LogP contribution is 2.32. The summed E-state index contributed by atoms with van der Waals surface area (Å²) in [6, 6.07) is 11.2. The lowest BCUT2D eigenvalue weighted by Gasteiger charge is -2.14. The average Bonchev–Trinajstić information content (AvgIpc) is 3.32. The Kier molecular flexibility index (Phi) is 6.41. The summed E-state index contributed by atoms with van der Waals surface area (Å²) in [7, 11) is 1.63. The third kappa shape index (κ3) is 5.00. The second kappa shape index (κ2) is 9.74. The van der Waals surface area contributed by atoms with Gasteiger partial charge in [0.2, 0.25) is 0 Å². The van der Waals surface area contributed by atoms with E-state index in [0.717, 1.165) is 16.5 Å². The molecule has 0 saturated carbocycles. The summed E-state index contributed by atoms with van der Waals surface area (Å²) in [6.07, 6.45) is 13.9. The highest BCUT2D eigenvalue weighted by atomic mass is 16.5. The molecule has 0 aliphatic heterocycles. The van der Waals surface area contributed by atoms with Crippen molar-refractivity contribution in [2.24, 2.45) is 0 Å². The fraction of sp³-hybridized carbons (Fsp3) is 0.208. The van der Waals surface area contributed by atoms with Crippen LogP contribution in [0.25, 0.3) is 22.3 Å². The van der Waals surface area contributed by atoms with E-state index < -0.39 is 0 Å². The van der Waals surface area contributed by atoms with Gasteiger partial charge in [-0.05, 0) is 18.2 Å². The predicted molar refractivity (Wildman–Crippen MR) is 117 cm³/mol. The highest BCUT2D eigenvalue weighted by molar-refractivity contribution is 5.83. The average molecular weight is 413 g/mol. The minimum atomic E-state index is 0.395. The van der Waals surface area contributed by atoms with Crippen molar-refractivity contribution in [1.29, 1.82) is 0 Å². The van der Waals surface area contributed by atoms with Crippen LogP contribution in [-0.2, 0) is 11.3 Å². The van der Waals surface area contributed by atoms with Crippen LogP contribution in [0.3, 0.4) is 0 Å². The molecule has 4 rings (SSSR count). The molecule has 0 aliphatic carbocycles. The van der Waals surface area contributed by atoms with E-state index in [1.54, 1.807) is 19.6 Å². The highest BCUT2D eigenvalue weighted by Gasteiger charge is 2.12. The molecule has 0 amide bonds. The van der Waals surface area contributed by atoms with Crippen LogP contribution in [0, 0.1) is 18.5 Å². The maximum absolute atomic E-state index is 5.98. The van der Waals surface area contributed by atoms with Gasteiger partial charge in [-0.15, -0.1) is 6.42 Å². The SMILES string of the molecule is C#Cc1cccc(-c2n[c]c3cc(OCCn4ccnc4)c(OCCOC)cc3n2)c1. The van der Waals surface area contributed by atoms with E-state index in [1.807, 2.05) is 47.2 Å². The minimum absolute atomic E-state index is 0.395. The number of aromatic nitrogens is 4. The van der Waals surface area contributed by atoms with Gasteiger partial charge in [-0.25, -0.2) is 15.0 Å². The third-order valence-corrected chi connectivity index (χ3v) is 4.57. The first-order chi connectivity index (χ1) is 15.3. The molecule has 7 heteroatoms. The van der Waals surface area contributed by atoms with Crippen molar-refractivity contribution in [2.75, 3.05) is 26.9 Å². The number of benzene rings is 2. The number of nitrogens with zero attached hydrogens (tertiary/aromatic N) is 4. The van der Waals surface area contributed by atoms with Gasteiger partial charge in [0, 0.05) is 42.1 Å². The molecule has 0 atom stereocenters. The van der Waals surface area contributed by atoms with Crippen molar-refractivity contribution in [3.63, 3.8) is 0 Å². The molecule has 2 aromatic carbocycles. The number of imidazole rings is 1. The van der Waals surface area contributed by atoms with Gasteiger partial charge in [0.15, 0.2) is 17.3 Å². The fourth-order valence-corrected chi connectivity index (χ4v) is 3.00. The van der Waals surface area contributed by atoms with Crippen LogP contribution in [0.15, 0.2) is 55.1 Å². The van der Waals surface area contributed by atoms with Crippen LogP contribution in [0.5, 0.6) is 11.5 Å². The first-order valence-corrected chi connectivity index (χ1v) is 9.77. The van der Waals surface area contributed by atoms with Crippen molar-refractivity contribution in [3.8, 4) is 35.2 Å². The van der Waals surface area contributed by atoms with Gasteiger partial charge in [0.25, 0.3) is 0 Å². The van der Waals surface area contributed by atoms with E-state index in [1.165, 1.54) is 0 Å². The Labute approximate surface area is 180 Å². The van der Waals surface area contributed by atoms with Crippen molar-refractivity contribution < 1.29 is 14.2 Å². The van der Waals surface area contributed by atoms with Crippen molar-refractivity contribution >= 4 is 10.9 Å². The molecule has 2 aromatic heterocycles. The summed E-state index contributed by atoms with van der Waals surface area (Å²) in [5, 5.41) is 0.730. The fourth-order valence-electron chi connectivity index (χ4n) is 3.00. The van der Waals surface area contributed by atoms with Crippen molar-refractivity contribution in [3.05, 3.63) is 66.9 Å². The zero-order valence-electron chi connectivity index (χ0n) is 17.1. The molecule has 0 N–H and O–H groups in total. The molecule has 4 aromatic rings. The molecular formula is C24H21N4O3.